The van der Waals surface area contributed by atoms with Crippen molar-refractivity contribution in [3.8, 4) is 0 Å². The van der Waals surface area contributed by atoms with Crippen molar-refractivity contribution in [1.82, 2.24) is 0 Å². The number of carbonyl (C=O) groups is 3. The van der Waals surface area contributed by atoms with Gasteiger partial charge in [-0.2, -0.15) is 0 Å². The molecular formula is C12H18O8. The molecule has 0 amide bonds. The maximum Gasteiger partial charge on any atom is 0.344 e. The molecule has 8 nitrogen and oxygen atoms in total. The van der Waals surface area contributed by atoms with Crippen LogP contribution in [-0.2, 0) is 38.1 Å². The van der Waals surface area contributed by atoms with Crippen LogP contribution in [0.3, 0.4) is 0 Å². The van der Waals surface area contributed by atoms with E-state index in [1.807, 2.05) is 0 Å². The van der Waals surface area contributed by atoms with Crippen LogP contribution in [0.2, 0.25) is 0 Å². The number of hydrogen-bond acceptors (Lipinski definition) is 8. The topological polar surface area (TPSA) is 97.4 Å². The molecule has 0 aromatic heterocycles. The van der Waals surface area contributed by atoms with Crippen LogP contribution in [0.25, 0.3) is 0 Å². The second kappa shape index (κ2) is 12.1. The lowest BCUT2D eigenvalue weighted by Gasteiger charge is -2.03. The van der Waals surface area contributed by atoms with Gasteiger partial charge in [0.05, 0.1) is 13.2 Å². The molecule has 0 radical (unpaired) electrons. The summed E-state index contributed by atoms with van der Waals surface area (Å²) in [5.41, 5.74) is 0. The highest BCUT2D eigenvalue weighted by atomic mass is 16.6. The lowest BCUT2D eigenvalue weighted by atomic mass is 10.5. The molecule has 0 N–H and O–H groups in total. The molecule has 0 aliphatic carbocycles. The molecule has 0 bridgehead atoms. The van der Waals surface area contributed by atoms with Crippen molar-refractivity contribution in [3.05, 3.63) is 12.2 Å². The predicted octanol–water partition coefficient (Wildman–Crippen LogP) is -0.535. The average Bonchev–Trinajstić information content (AvgIpc) is 2.43. The van der Waals surface area contributed by atoms with Gasteiger partial charge in [-0.05, 0) is 0 Å². The molecule has 20 heavy (non-hydrogen) atoms. The predicted molar refractivity (Wildman–Crippen MR) is 65.8 cm³/mol. The summed E-state index contributed by atoms with van der Waals surface area (Å²) < 4.78 is 23.2. The van der Waals surface area contributed by atoms with Gasteiger partial charge >= 0.3 is 17.9 Å². The fourth-order valence-electron chi connectivity index (χ4n) is 0.868. The molecule has 0 heterocycles. The summed E-state index contributed by atoms with van der Waals surface area (Å²) >= 11 is 0. The maximum absolute atomic E-state index is 11.1. The van der Waals surface area contributed by atoms with Crippen molar-refractivity contribution in [2.75, 3.05) is 47.3 Å². The standard InChI is InChI=1S/C12H18O8/c1-16-5-7-18-10(13)3-4-11(14)20-9-12(15)19-8-6-17-2/h3-4H,5-9H2,1-2H3/b4-3+. The second-order valence-electron chi connectivity index (χ2n) is 3.31. The van der Waals surface area contributed by atoms with Gasteiger partial charge in [-0.25, -0.2) is 14.4 Å². The Labute approximate surface area is 116 Å². The minimum Gasteiger partial charge on any atom is -0.461 e. The molecule has 0 spiro atoms. The van der Waals surface area contributed by atoms with E-state index in [0.717, 1.165) is 12.2 Å². The molecule has 0 aliphatic rings. The van der Waals surface area contributed by atoms with Crippen LogP contribution in [0.4, 0.5) is 0 Å². The number of rotatable bonds is 10. The van der Waals surface area contributed by atoms with Gasteiger partial charge in [0.25, 0.3) is 0 Å². The quantitative estimate of drug-likeness (QED) is 0.229. The van der Waals surface area contributed by atoms with E-state index in [1.165, 1.54) is 14.2 Å². The number of carbonyl (C=O) groups excluding carboxylic acids is 3. The molecule has 0 saturated carbocycles. The number of methoxy groups -OCH3 is 2. The Morgan fingerprint density at radius 3 is 1.80 bits per heavy atom. The lowest BCUT2D eigenvalue weighted by Crippen LogP contribution is -2.17. The first kappa shape index (κ1) is 18.1. The average molecular weight is 290 g/mol. The molecule has 0 fully saturated rings. The highest BCUT2D eigenvalue weighted by Gasteiger charge is 2.06. The molecule has 0 aromatic rings. The van der Waals surface area contributed by atoms with E-state index in [2.05, 4.69) is 23.7 Å². The van der Waals surface area contributed by atoms with Gasteiger partial charge in [-0.3, -0.25) is 0 Å². The summed E-state index contributed by atoms with van der Waals surface area (Å²) in [5, 5.41) is 0. The molecule has 0 rings (SSSR count). The number of hydrogen-bond donors (Lipinski definition) is 0. The number of esters is 3. The fourth-order valence-corrected chi connectivity index (χ4v) is 0.868. The Balaban J connectivity index is 3.76. The summed E-state index contributed by atoms with van der Waals surface area (Å²) in [4.78, 5) is 33.2. The fraction of sp³-hybridized carbons (Fsp3) is 0.583. The second-order valence-corrected chi connectivity index (χ2v) is 3.31. The van der Waals surface area contributed by atoms with Crippen molar-refractivity contribution < 1.29 is 38.1 Å². The molecular weight excluding hydrogens is 272 g/mol. The zero-order valence-corrected chi connectivity index (χ0v) is 11.5. The summed E-state index contributed by atoms with van der Waals surface area (Å²) in [7, 11) is 2.93. The van der Waals surface area contributed by atoms with E-state index in [-0.39, 0.29) is 26.4 Å². The van der Waals surface area contributed by atoms with E-state index in [1.54, 1.807) is 0 Å². The Morgan fingerprint density at radius 2 is 1.25 bits per heavy atom. The van der Waals surface area contributed by atoms with Crippen LogP contribution in [0.5, 0.6) is 0 Å². The Bertz CT molecular complexity index is 336. The van der Waals surface area contributed by atoms with Crippen molar-refractivity contribution >= 4 is 17.9 Å². The summed E-state index contributed by atoms with van der Waals surface area (Å²) in [6.45, 7) is 0.144. The first-order valence-corrected chi connectivity index (χ1v) is 5.75. The molecule has 8 heteroatoms. The zero-order valence-electron chi connectivity index (χ0n) is 11.5. The molecule has 0 atom stereocenters. The third-order valence-corrected chi connectivity index (χ3v) is 1.77. The van der Waals surface area contributed by atoms with E-state index in [0.29, 0.717) is 0 Å². The zero-order chi connectivity index (χ0) is 15.2. The van der Waals surface area contributed by atoms with Gasteiger partial charge in [-0.1, -0.05) is 0 Å². The smallest absolute Gasteiger partial charge is 0.344 e. The third kappa shape index (κ3) is 11.2. The van der Waals surface area contributed by atoms with Crippen molar-refractivity contribution in [3.63, 3.8) is 0 Å². The third-order valence-electron chi connectivity index (χ3n) is 1.77. The van der Waals surface area contributed by atoms with Gasteiger partial charge in [0, 0.05) is 26.4 Å². The lowest BCUT2D eigenvalue weighted by molar-refractivity contribution is -0.157. The van der Waals surface area contributed by atoms with Crippen LogP contribution in [0.15, 0.2) is 12.2 Å². The minimum absolute atomic E-state index is 0.0779. The summed E-state index contributed by atoms with van der Waals surface area (Å²) in [6, 6.07) is 0. The first-order valence-electron chi connectivity index (χ1n) is 5.75. The Kier molecular flexibility index (Phi) is 11.0. The Hall–Kier alpha value is -1.93. The minimum atomic E-state index is -0.850. The van der Waals surface area contributed by atoms with E-state index < -0.39 is 24.5 Å². The van der Waals surface area contributed by atoms with Crippen LogP contribution >= 0.6 is 0 Å². The molecule has 0 aromatic carbocycles. The van der Waals surface area contributed by atoms with E-state index >= 15 is 0 Å². The van der Waals surface area contributed by atoms with Gasteiger partial charge in [-0.15, -0.1) is 0 Å². The highest BCUT2D eigenvalue weighted by Crippen LogP contribution is 1.88. The number of ether oxygens (including phenoxy) is 5. The molecule has 0 saturated heterocycles. The monoisotopic (exact) mass is 290 g/mol. The van der Waals surface area contributed by atoms with Gasteiger partial charge in [0.1, 0.15) is 13.2 Å². The van der Waals surface area contributed by atoms with Gasteiger partial charge in [0.2, 0.25) is 0 Å². The van der Waals surface area contributed by atoms with Crippen LogP contribution in [-0.4, -0.2) is 65.2 Å². The summed E-state index contributed by atoms with van der Waals surface area (Å²) in [5.74, 6) is -2.26. The van der Waals surface area contributed by atoms with Crippen LogP contribution < -0.4 is 0 Å². The largest absolute Gasteiger partial charge is 0.461 e. The SMILES string of the molecule is COCCOC(=O)/C=C/C(=O)OCC(=O)OCCOC. The molecule has 0 unspecified atom stereocenters. The Morgan fingerprint density at radius 1 is 0.750 bits per heavy atom. The van der Waals surface area contributed by atoms with Crippen molar-refractivity contribution in [2.45, 2.75) is 0 Å². The maximum atomic E-state index is 11.1. The summed E-state index contributed by atoms with van der Waals surface area (Å²) in [6.07, 6.45) is 1.76. The molecule has 0 aliphatic heterocycles. The molecule has 114 valence electrons. The van der Waals surface area contributed by atoms with Gasteiger partial charge < -0.3 is 23.7 Å². The van der Waals surface area contributed by atoms with E-state index in [4.69, 9.17) is 0 Å². The van der Waals surface area contributed by atoms with E-state index in [9.17, 15) is 14.4 Å². The highest BCUT2D eigenvalue weighted by molar-refractivity contribution is 5.92. The normalized spacial score (nSPS) is 10.3. The van der Waals surface area contributed by atoms with Crippen molar-refractivity contribution in [2.24, 2.45) is 0 Å². The first-order chi connectivity index (χ1) is 9.60. The van der Waals surface area contributed by atoms with Crippen LogP contribution in [0, 0.1) is 0 Å². The van der Waals surface area contributed by atoms with Gasteiger partial charge in [0.15, 0.2) is 6.61 Å². The van der Waals surface area contributed by atoms with Crippen molar-refractivity contribution in [1.29, 1.82) is 0 Å². The van der Waals surface area contributed by atoms with Crippen LogP contribution in [0.1, 0.15) is 0 Å².